The monoisotopic (exact) mass is 343 g/mol. The zero-order valence-electron chi connectivity index (χ0n) is 14.9. The number of nitrogens with zero attached hydrogens (tertiary/aromatic N) is 3. The van der Waals surface area contributed by atoms with Crippen molar-refractivity contribution in [3.05, 3.63) is 35.9 Å². The molecular weight excluding hydrogens is 318 g/mol. The lowest BCUT2D eigenvalue weighted by Gasteiger charge is -2.35. The van der Waals surface area contributed by atoms with Crippen LogP contribution in [0.1, 0.15) is 25.8 Å². The van der Waals surface area contributed by atoms with Gasteiger partial charge in [0.05, 0.1) is 6.54 Å². The number of carbonyl (C=O) groups is 2. The maximum absolute atomic E-state index is 12.4. The van der Waals surface area contributed by atoms with Crippen LogP contribution in [0.15, 0.2) is 35.3 Å². The molecule has 0 bridgehead atoms. The Labute approximate surface area is 148 Å². The molecule has 0 spiro atoms. The quantitative estimate of drug-likeness (QED) is 0.847. The lowest BCUT2D eigenvalue weighted by Crippen LogP contribution is -2.64. The van der Waals surface area contributed by atoms with Crippen LogP contribution in [0.5, 0.6) is 0 Å². The summed E-state index contributed by atoms with van der Waals surface area (Å²) in [7, 11) is 1.69. The molecule has 2 saturated heterocycles. The van der Waals surface area contributed by atoms with Crippen molar-refractivity contribution in [3.63, 3.8) is 0 Å². The van der Waals surface area contributed by atoms with E-state index in [4.69, 9.17) is 0 Å². The van der Waals surface area contributed by atoms with Crippen LogP contribution in [0.4, 0.5) is 4.79 Å². The van der Waals surface area contributed by atoms with Gasteiger partial charge in [0.25, 0.3) is 5.91 Å². The van der Waals surface area contributed by atoms with Crippen LogP contribution in [0.3, 0.4) is 0 Å². The Morgan fingerprint density at radius 2 is 1.92 bits per heavy atom. The summed E-state index contributed by atoms with van der Waals surface area (Å²) in [6.45, 7) is 5.55. The minimum atomic E-state index is -0.448. The topological polar surface area (TPSA) is 77.0 Å². The van der Waals surface area contributed by atoms with E-state index in [1.54, 1.807) is 7.05 Å². The number of amides is 3. The number of nitrogens with one attached hydrogen (secondary N) is 2. The maximum atomic E-state index is 12.4. The molecular formula is C18H25N5O2. The van der Waals surface area contributed by atoms with Crippen molar-refractivity contribution < 1.29 is 9.59 Å². The fraction of sp³-hybridized carbons (Fsp3) is 0.500. The molecule has 0 radical (unpaired) electrons. The Balaban J connectivity index is 1.84. The molecule has 25 heavy (non-hydrogen) atoms. The van der Waals surface area contributed by atoms with E-state index in [1.807, 2.05) is 35.2 Å². The number of guanidine groups is 1. The fourth-order valence-corrected chi connectivity index (χ4v) is 3.11. The van der Waals surface area contributed by atoms with Crippen LogP contribution in [0, 0.1) is 5.92 Å². The number of benzene rings is 1. The number of likely N-dealkylation sites (N-methyl/N-ethyl adjacent to an activating group) is 1. The third-order valence-corrected chi connectivity index (χ3v) is 4.62. The summed E-state index contributed by atoms with van der Waals surface area (Å²) in [6, 6.07) is 9.14. The molecule has 3 amide bonds. The Bertz CT molecular complexity index is 673. The van der Waals surface area contributed by atoms with Crippen LogP contribution < -0.4 is 10.6 Å². The number of urea groups is 1. The van der Waals surface area contributed by atoms with E-state index >= 15 is 0 Å². The highest BCUT2D eigenvalue weighted by Crippen LogP contribution is 2.22. The molecule has 1 aromatic rings. The van der Waals surface area contributed by atoms with Crippen molar-refractivity contribution in [1.82, 2.24) is 20.4 Å². The first-order valence-corrected chi connectivity index (χ1v) is 8.66. The first kappa shape index (κ1) is 17.3. The van der Waals surface area contributed by atoms with Gasteiger partial charge in [0, 0.05) is 13.6 Å². The number of imide groups is 1. The van der Waals surface area contributed by atoms with Crippen molar-refractivity contribution in [2.24, 2.45) is 10.9 Å². The molecule has 0 aromatic heterocycles. The SMILES string of the molecule is CC(C)CCN1C(=NCc2ccccc2)NC2C1C(=O)NC(=O)N2C. The summed E-state index contributed by atoms with van der Waals surface area (Å²) in [4.78, 5) is 32.5. The van der Waals surface area contributed by atoms with Gasteiger partial charge in [0.2, 0.25) is 0 Å². The molecule has 2 N–H and O–H groups in total. The number of fused-ring (bicyclic) bond motifs is 1. The standard InChI is InChI=1S/C18H25N5O2/c1-12(2)9-10-23-14-15(22(3)18(25)21-16(14)24)20-17(23)19-11-13-7-5-4-6-8-13/h4-8,12,14-15H,9-11H2,1-3H3,(H,19,20)(H,21,24,25). The van der Waals surface area contributed by atoms with Crippen molar-refractivity contribution >= 4 is 17.9 Å². The van der Waals surface area contributed by atoms with Crippen molar-refractivity contribution in [1.29, 1.82) is 0 Å². The minimum absolute atomic E-state index is 0.269. The first-order valence-electron chi connectivity index (χ1n) is 8.66. The summed E-state index contributed by atoms with van der Waals surface area (Å²) in [6.07, 6.45) is 0.558. The third kappa shape index (κ3) is 3.60. The lowest BCUT2D eigenvalue weighted by molar-refractivity contribution is -0.127. The third-order valence-electron chi connectivity index (χ3n) is 4.62. The van der Waals surface area contributed by atoms with Crippen molar-refractivity contribution in [2.45, 2.75) is 39.0 Å². The smallest absolute Gasteiger partial charge is 0.325 e. The first-order chi connectivity index (χ1) is 12.0. The number of hydrogen-bond donors (Lipinski definition) is 2. The van der Waals surface area contributed by atoms with Crippen molar-refractivity contribution in [2.75, 3.05) is 13.6 Å². The Morgan fingerprint density at radius 3 is 2.60 bits per heavy atom. The Kier molecular flexibility index (Phi) is 4.92. The average Bonchev–Trinajstić information content (AvgIpc) is 2.96. The van der Waals surface area contributed by atoms with E-state index in [-0.39, 0.29) is 18.1 Å². The van der Waals surface area contributed by atoms with Gasteiger partial charge in [-0.25, -0.2) is 9.79 Å². The number of carbonyl (C=O) groups excluding carboxylic acids is 2. The molecule has 3 rings (SSSR count). The summed E-state index contributed by atoms with van der Waals surface area (Å²) in [5.41, 5.74) is 1.10. The zero-order valence-corrected chi connectivity index (χ0v) is 14.9. The van der Waals surface area contributed by atoms with Gasteiger partial charge in [0.1, 0.15) is 6.17 Å². The summed E-state index contributed by atoms with van der Waals surface area (Å²) in [5.74, 6) is 0.922. The van der Waals surface area contributed by atoms with Gasteiger partial charge < -0.3 is 15.1 Å². The molecule has 2 unspecified atom stereocenters. The predicted molar refractivity (Wildman–Crippen MR) is 95.8 cm³/mol. The summed E-state index contributed by atoms with van der Waals surface area (Å²) >= 11 is 0. The highest BCUT2D eigenvalue weighted by molar-refractivity contribution is 6.04. The van der Waals surface area contributed by atoms with E-state index in [0.29, 0.717) is 18.4 Å². The molecule has 1 aromatic carbocycles. The van der Waals surface area contributed by atoms with Crippen LogP contribution in [-0.2, 0) is 11.3 Å². The van der Waals surface area contributed by atoms with Crippen molar-refractivity contribution in [3.8, 4) is 0 Å². The molecule has 2 heterocycles. The van der Waals surface area contributed by atoms with E-state index in [0.717, 1.165) is 18.5 Å². The largest absolute Gasteiger partial charge is 0.333 e. The normalized spacial score (nSPS) is 24.6. The zero-order chi connectivity index (χ0) is 18.0. The van der Waals surface area contributed by atoms with Gasteiger partial charge in [0.15, 0.2) is 12.0 Å². The van der Waals surface area contributed by atoms with E-state index in [1.165, 1.54) is 4.90 Å². The van der Waals surface area contributed by atoms with Gasteiger partial charge in [-0.3, -0.25) is 10.1 Å². The lowest BCUT2D eigenvalue weighted by atomic mass is 10.1. The minimum Gasteiger partial charge on any atom is -0.333 e. The Hall–Kier alpha value is -2.57. The average molecular weight is 343 g/mol. The number of aliphatic imine (C=N–C) groups is 1. The van der Waals surface area contributed by atoms with Gasteiger partial charge in [-0.1, -0.05) is 44.2 Å². The second kappa shape index (κ2) is 7.13. The molecule has 2 atom stereocenters. The molecule has 2 fully saturated rings. The van der Waals surface area contributed by atoms with E-state index in [2.05, 4.69) is 29.5 Å². The van der Waals surface area contributed by atoms with Crippen LogP contribution in [-0.4, -0.2) is 53.5 Å². The van der Waals surface area contributed by atoms with Gasteiger partial charge in [-0.2, -0.15) is 0 Å². The second-order valence-corrected chi connectivity index (χ2v) is 6.94. The molecule has 7 heteroatoms. The second-order valence-electron chi connectivity index (χ2n) is 6.94. The highest BCUT2D eigenvalue weighted by atomic mass is 16.2. The molecule has 0 saturated carbocycles. The van der Waals surface area contributed by atoms with Crippen LogP contribution >= 0.6 is 0 Å². The van der Waals surface area contributed by atoms with Gasteiger partial charge in [-0.15, -0.1) is 0 Å². The van der Waals surface area contributed by atoms with Crippen LogP contribution in [0.2, 0.25) is 0 Å². The summed E-state index contributed by atoms with van der Waals surface area (Å²) < 4.78 is 0. The molecule has 2 aliphatic heterocycles. The number of rotatable bonds is 5. The van der Waals surface area contributed by atoms with E-state index in [9.17, 15) is 9.59 Å². The maximum Gasteiger partial charge on any atom is 0.325 e. The Morgan fingerprint density at radius 1 is 1.20 bits per heavy atom. The predicted octanol–water partition coefficient (Wildman–Crippen LogP) is 1.37. The number of hydrogen-bond acceptors (Lipinski definition) is 3. The summed E-state index contributed by atoms with van der Waals surface area (Å²) in [5, 5.41) is 5.69. The van der Waals surface area contributed by atoms with Gasteiger partial charge >= 0.3 is 6.03 Å². The highest BCUT2D eigenvalue weighted by Gasteiger charge is 2.49. The van der Waals surface area contributed by atoms with Gasteiger partial charge in [-0.05, 0) is 17.9 Å². The fourth-order valence-electron chi connectivity index (χ4n) is 3.11. The molecule has 134 valence electrons. The van der Waals surface area contributed by atoms with E-state index < -0.39 is 6.04 Å². The molecule has 2 aliphatic rings. The molecule has 7 nitrogen and oxygen atoms in total. The molecule has 0 aliphatic carbocycles. The van der Waals surface area contributed by atoms with Crippen LogP contribution in [0.25, 0.3) is 0 Å².